The van der Waals surface area contributed by atoms with Crippen LogP contribution in [-0.4, -0.2) is 19.1 Å². The Morgan fingerprint density at radius 2 is 1.84 bits per heavy atom. The first-order valence-electron chi connectivity index (χ1n) is 6.20. The van der Waals surface area contributed by atoms with Crippen molar-refractivity contribution in [3.05, 3.63) is 47.7 Å². The molecule has 1 aromatic heterocycles. The summed E-state index contributed by atoms with van der Waals surface area (Å²) in [4.78, 5) is 6.61. The monoisotopic (exact) mass is 257 g/mol. The number of aromatic nitrogens is 1. The van der Waals surface area contributed by atoms with Gasteiger partial charge in [0, 0.05) is 30.5 Å². The van der Waals surface area contributed by atoms with Crippen molar-refractivity contribution in [2.75, 3.05) is 19.1 Å². The van der Waals surface area contributed by atoms with Crippen molar-refractivity contribution in [2.24, 2.45) is 5.73 Å². The highest BCUT2D eigenvalue weighted by molar-refractivity contribution is 5.63. The molecule has 0 atom stereocenters. The Bertz CT molecular complexity index is 552. The summed E-state index contributed by atoms with van der Waals surface area (Å²) in [5.74, 6) is 1.74. The molecule has 0 aliphatic rings. The van der Waals surface area contributed by atoms with E-state index in [4.69, 9.17) is 10.5 Å². The van der Waals surface area contributed by atoms with Crippen LogP contribution in [0.3, 0.4) is 0 Å². The van der Waals surface area contributed by atoms with Crippen LogP contribution in [0.2, 0.25) is 0 Å². The molecule has 100 valence electrons. The normalized spacial score (nSPS) is 10.3. The molecule has 1 heterocycles. The molecule has 0 bridgehead atoms. The van der Waals surface area contributed by atoms with Crippen molar-refractivity contribution in [3.8, 4) is 5.75 Å². The van der Waals surface area contributed by atoms with Crippen molar-refractivity contribution in [1.82, 2.24) is 4.98 Å². The Balaban J connectivity index is 2.36. The molecule has 1 aromatic carbocycles. The van der Waals surface area contributed by atoms with Crippen LogP contribution >= 0.6 is 0 Å². The number of methoxy groups -OCH3 is 1. The molecule has 0 radical (unpaired) electrons. The molecule has 0 unspecified atom stereocenters. The Morgan fingerprint density at radius 1 is 1.16 bits per heavy atom. The number of aryl methyl sites for hydroxylation is 1. The molecular weight excluding hydrogens is 238 g/mol. The first-order chi connectivity index (χ1) is 9.15. The summed E-state index contributed by atoms with van der Waals surface area (Å²) in [5, 5.41) is 0. The molecule has 0 aliphatic heterocycles. The fraction of sp³-hybridized carbons (Fsp3) is 0.267. The predicted octanol–water partition coefficient (Wildman–Crippen LogP) is 2.63. The lowest BCUT2D eigenvalue weighted by Crippen LogP contribution is -2.15. The number of ether oxygens (including phenoxy) is 1. The minimum Gasteiger partial charge on any atom is -0.497 e. The summed E-state index contributed by atoms with van der Waals surface area (Å²) in [6.07, 6.45) is 0. The van der Waals surface area contributed by atoms with E-state index in [0.717, 1.165) is 28.5 Å². The van der Waals surface area contributed by atoms with Gasteiger partial charge in [0.05, 0.1) is 7.11 Å². The number of pyridine rings is 1. The van der Waals surface area contributed by atoms with Gasteiger partial charge in [-0.25, -0.2) is 4.98 Å². The molecule has 4 heteroatoms. The summed E-state index contributed by atoms with van der Waals surface area (Å²) in [6.45, 7) is 2.45. The first-order valence-corrected chi connectivity index (χ1v) is 6.20. The van der Waals surface area contributed by atoms with E-state index in [1.807, 2.05) is 55.3 Å². The summed E-state index contributed by atoms with van der Waals surface area (Å²) in [7, 11) is 3.65. The van der Waals surface area contributed by atoms with Gasteiger partial charge >= 0.3 is 0 Å². The number of hydrogen-bond donors (Lipinski definition) is 1. The molecule has 0 aliphatic carbocycles. The van der Waals surface area contributed by atoms with Crippen LogP contribution in [0.25, 0.3) is 0 Å². The van der Waals surface area contributed by atoms with Gasteiger partial charge in [-0.05, 0) is 37.3 Å². The SMILES string of the molecule is COc1ccc(N(C)c2nc(C)ccc2CN)cc1. The molecule has 4 nitrogen and oxygen atoms in total. The highest BCUT2D eigenvalue weighted by Gasteiger charge is 2.10. The predicted molar refractivity (Wildman–Crippen MR) is 77.9 cm³/mol. The second kappa shape index (κ2) is 5.71. The summed E-state index contributed by atoms with van der Waals surface area (Å²) in [6, 6.07) is 11.9. The van der Waals surface area contributed by atoms with E-state index in [0.29, 0.717) is 6.54 Å². The van der Waals surface area contributed by atoms with Gasteiger partial charge in [-0.3, -0.25) is 0 Å². The zero-order chi connectivity index (χ0) is 13.8. The van der Waals surface area contributed by atoms with Crippen molar-refractivity contribution in [3.63, 3.8) is 0 Å². The van der Waals surface area contributed by atoms with Crippen molar-refractivity contribution < 1.29 is 4.74 Å². The van der Waals surface area contributed by atoms with Crippen LogP contribution in [0, 0.1) is 6.92 Å². The second-order valence-corrected chi connectivity index (χ2v) is 4.40. The van der Waals surface area contributed by atoms with Crippen LogP contribution < -0.4 is 15.4 Å². The molecule has 0 fully saturated rings. The van der Waals surface area contributed by atoms with Crippen LogP contribution in [0.4, 0.5) is 11.5 Å². The Labute approximate surface area is 113 Å². The number of benzene rings is 1. The first kappa shape index (κ1) is 13.4. The Kier molecular flexibility index (Phi) is 4.02. The highest BCUT2D eigenvalue weighted by atomic mass is 16.5. The van der Waals surface area contributed by atoms with Crippen LogP contribution in [-0.2, 0) is 6.54 Å². The van der Waals surface area contributed by atoms with E-state index < -0.39 is 0 Å². The fourth-order valence-corrected chi connectivity index (χ4v) is 1.95. The molecule has 2 N–H and O–H groups in total. The molecular formula is C15H19N3O. The maximum atomic E-state index is 5.78. The van der Waals surface area contributed by atoms with Gasteiger partial charge < -0.3 is 15.4 Å². The number of rotatable bonds is 4. The van der Waals surface area contributed by atoms with Gasteiger partial charge in [-0.2, -0.15) is 0 Å². The number of nitrogens with zero attached hydrogens (tertiary/aromatic N) is 2. The number of nitrogens with two attached hydrogens (primary N) is 1. The number of hydrogen-bond acceptors (Lipinski definition) is 4. The third-order valence-corrected chi connectivity index (χ3v) is 3.09. The third kappa shape index (κ3) is 2.85. The summed E-state index contributed by atoms with van der Waals surface area (Å²) in [5.41, 5.74) is 8.84. The lowest BCUT2D eigenvalue weighted by molar-refractivity contribution is 0.415. The van der Waals surface area contributed by atoms with Gasteiger partial charge in [-0.15, -0.1) is 0 Å². The molecule has 19 heavy (non-hydrogen) atoms. The summed E-state index contributed by atoms with van der Waals surface area (Å²) >= 11 is 0. The van der Waals surface area contributed by atoms with Crippen molar-refractivity contribution >= 4 is 11.5 Å². The van der Waals surface area contributed by atoms with E-state index in [2.05, 4.69) is 4.98 Å². The van der Waals surface area contributed by atoms with E-state index in [9.17, 15) is 0 Å². The minimum absolute atomic E-state index is 0.475. The van der Waals surface area contributed by atoms with Crippen LogP contribution in [0.15, 0.2) is 36.4 Å². The highest BCUT2D eigenvalue weighted by Crippen LogP contribution is 2.26. The molecule has 2 rings (SSSR count). The smallest absolute Gasteiger partial charge is 0.137 e. The quantitative estimate of drug-likeness (QED) is 0.914. The number of anilines is 2. The van der Waals surface area contributed by atoms with Crippen molar-refractivity contribution in [2.45, 2.75) is 13.5 Å². The van der Waals surface area contributed by atoms with E-state index in [1.54, 1.807) is 7.11 Å². The molecule has 0 saturated heterocycles. The maximum Gasteiger partial charge on any atom is 0.137 e. The lowest BCUT2D eigenvalue weighted by atomic mass is 10.2. The molecule has 0 saturated carbocycles. The van der Waals surface area contributed by atoms with Gasteiger partial charge in [0.25, 0.3) is 0 Å². The maximum absolute atomic E-state index is 5.78. The average molecular weight is 257 g/mol. The van der Waals surface area contributed by atoms with Gasteiger partial charge in [0.1, 0.15) is 11.6 Å². The second-order valence-electron chi connectivity index (χ2n) is 4.40. The van der Waals surface area contributed by atoms with Gasteiger partial charge in [-0.1, -0.05) is 6.07 Å². The molecule has 0 spiro atoms. The zero-order valence-electron chi connectivity index (χ0n) is 11.6. The van der Waals surface area contributed by atoms with E-state index in [-0.39, 0.29) is 0 Å². The standard InChI is InChI=1S/C15H19N3O/c1-11-4-5-12(10-16)15(17-11)18(2)13-6-8-14(19-3)9-7-13/h4-9H,10,16H2,1-3H3. The topological polar surface area (TPSA) is 51.4 Å². The lowest BCUT2D eigenvalue weighted by Gasteiger charge is -2.21. The van der Waals surface area contributed by atoms with Gasteiger partial charge in [0.2, 0.25) is 0 Å². The molecule has 2 aromatic rings. The largest absolute Gasteiger partial charge is 0.497 e. The zero-order valence-corrected chi connectivity index (χ0v) is 11.6. The Morgan fingerprint density at radius 3 is 2.42 bits per heavy atom. The minimum atomic E-state index is 0.475. The average Bonchev–Trinajstić information content (AvgIpc) is 2.46. The van der Waals surface area contributed by atoms with Crippen LogP contribution in [0.5, 0.6) is 5.75 Å². The Hall–Kier alpha value is -2.07. The molecule has 0 amide bonds. The summed E-state index contributed by atoms with van der Waals surface area (Å²) < 4.78 is 5.16. The van der Waals surface area contributed by atoms with E-state index in [1.165, 1.54) is 0 Å². The van der Waals surface area contributed by atoms with Gasteiger partial charge in [0.15, 0.2) is 0 Å². The van der Waals surface area contributed by atoms with Crippen molar-refractivity contribution in [1.29, 1.82) is 0 Å². The van der Waals surface area contributed by atoms with Crippen LogP contribution in [0.1, 0.15) is 11.3 Å². The third-order valence-electron chi connectivity index (χ3n) is 3.09. The fourth-order valence-electron chi connectivity index (χ4n) is 1.95. The van der Waals surface area contributed by atoms with E-state index >= 15 is 0 Å².